The van der Waals surface area contributed by atoms with E-state index in [0.29, 0.717) is 50.8 Å². The molecule has 10 heteroatoms. The van der Waals surface area contributed by atoms with Crippen LogP contribution in [-0.2, 0) is 16.6 Å². The number of anilines is 1. The average Bonchev–Trinajstić information content (AvgIpc) is 3.29. The van der Waals surface area contributed by atoms with Crippen molar-refractivity contribution in [1.82, 2.24) is 19.0 Å². The Morgan fingerprint density at radius 1 is 1.00 bits per heavy atom. The minimum Gasteiger partial charge on any atom is -0.368 e. The number of piperazine rings is 1. The Labute approximate surface area is 214 Å². The van der Waals surface area contributed by atoms with Gasteiger partial charge in [-0.2, -0.15) is 9.40 Å². The summed E-state index contributed by atoms with van der Waals surface area (Å²) in [6, 6.07) is 7.57. The Morgan fingerprint density at radius 3 is 2.20 bits per heavy atom. The monoisotopic (exact) mass is 523 g/mol. The minimum absolute atomic E-state index is 0.125. The molecule has 0 bridgehead atoms. The van der Waals surface area contributed by atoms with Crippen molar-refractivity contribution in [3.63, 3.8) is 0 Å². The molecule has 1 amide bonds. The molecule has 1 aromatic carbocycles. The molecule has 0 radical (unpaired) electrons. The Bertz CT molecular complexity index is 1070. The van der Waals surface area contributed by atoms with E-state index in [1.165, 1.54) is 4.31 Å². The van der Waals surface area contributed by atoms with Crippen LogP contribution in [0.25, 0.3) is 0 Å². The van der Waals surface area contributed by atoms with E-state index >= 15 is 0 Å². The predicted molar refractivity (Wildman–Crippen MR) is 141 cm³/mol. The van der Waals surface area contributed by atoms with Gasteiger partial charge in [0.15, 0.2) is 0 Å². The van der Waals surface area contributed by atoms with Crippen LogP contribution in [-0.4, -0.2) is 72.6 Å². The maximum Gasteiger partial charge on any atom is 0.263 e. The lowest BCUT2D eigenvalue weighted by atomic mass is 10.2. The summed E-state index contributed by atoms with van der Waals surface area (Å²) in [5, 5.41) is 4.93. The van der Waals surface area contributed by atoms with Crippen molar-refractivity contribution in [3.8, 4) is 0 Å². The molecule has 1 aromatic heterocycles. The summed E-state index contributed by atoms with van der Waals surface area (Å²) in [7, 11) is -3.93. The summed E-state index contributed by atoms with van der Waals surface area (Å²) in [5.74, 6) is -0.248. The van der Waals surface area contributed by atoms with Crippen molar-refractivity contribution in [3.05, 3.63) is 41.0 Å². The van der Waals surface area contributed by atoms with Gasteiger partial charge >= 0.3 is 0 Å². The Morgan fingerprint density at radius 2 is 1.63 bits per heavy atom. The molecule has 1 aliphatic rings. The first-order valence-electron chi connectivity index (χ1n) is 12.7. The number of sulfonamides is 1. The molecule has 0 N–H and O–H groups in total. The van der Waals surface area contributed by atoms with E-state index in [1.807, 2.05) is 31.2 Å². The second-order valence-electron chi connectivity index (χ2n) is 8.95. The van der Waals surface area contributed by atoms with Crippen molar-refractivity contribution >= 4 is 33.2 Å². The molecule has 8 nitrogen and oxygen atoms in total. The van der Waals surface area contributed by atoms with E-state index in [-0.39, 0.29) is 16.5 Å². The first-order valence-corrected chi connectivity index (χ1v) is 14.5. The topological polar surface area (TPSA) is 78.8 Å². The molecule has 194 valence electrons. The quantitative estimate of drug-likeness (QED) is 0.409. The lowest BCUT2D eigenvalue weighted by Crippen LogP contribution is -2.49. The first kappa shape index (κ1) is 27.5. The largest absolute Gasteiger partial charge is 0.368 e. The highest BCUT2D eigenvalue weighted by Gasteiger charge is 2.36. The molecule has 0 saturated carbocycles. The standard InChI is InChI=1S/C25H38ClN5O3S/c1-4-7-14-29(15-8-5-2)25(32)21-20-30(13-6-3)27-24(21)35(33,34)31-18-16-28(17-19-31)23-12-10-9-11-22(23)26/h9-12,20H,4-8,13-19H2,1-3H3. The molecule has 35 heavy (non-hydrogen) atoms. The molecule has 1 aliphatic heterocycles. The maximum atomic E-state index is 13.7. The van der Waals surface area contributed by atoms with E-state index in [1.54, 1.807) is 15.8 Å². The van der Waals surface area contributed by atoms with Crippen molar-refractivity contribution in [2.24, 2.45) is 0 Å². The molecular formula is C25H38ClN5O3S. The third-order valence-electron chi connectivity index (χ3n) is 6.28. The van der Waals surface area contributed by atoms with Crippen molar-refractivity contribution in [2.45, 2.75) is 64.4 Å². The molecule has 2 aromatic rings. The van der Waals surface area contributed by atoms with Gasteiger partial charge in [0, 0.05) is 52.0 Å². The van der Waals surface area contributed by atoms with Gasteiger partial charge in [0.1, 0.15) is 0 Å². The number of nitrogens with zero attached hydrogens (tertiary/aromatic N) is 5. The number of benzene rings is 1. The summed E-state index contributed by atoms with van der Waals surface area (Å²) in [4.78, 5) is 17.4. The number of amides is 1. The van der Waals surface area contributed by atoms with Crippen LogP contribution in [0.1, 0.15) is 63.2 Å². The number of aryl methyl sites for hydroxylation is 1. The van der Waals surface area contributed by atoms with Crippen LogP contribution < -0.4 is 4.90 Å². The molecule has 0 spiro atoms. The number of unbranched alkanes of at least 4 members (excludes halogenated alkanes) is 2. The van der Waals surface area contributed by atoms with Crippen LogP contribution in [0, 0.1) is 0 Å². The van der Waals surface area contributed by atoms with Gasteiger partial charge in [0.25, 0.3) is 15.9 Å². The van der Waals surface area contributed by atoms with Gasteiger partial charge < -0.3 is 9.80 Å². The lowest BCUT2D eigenvalue weighted by molar-refractivity contribution is 0.0747. The highest BCUT2D eigenvalue weighted by Crippen LogP contribution is 2.28. The van der Waals surface area contributed by atoms with Crippen LogP contribution >= 0.6 is 11.6 Å². The van der Waals surface area contributed by atoms with Crippen LogP contribution in [0.4, 0.5) is 5.69 Å². The Balaban J connectivity index is 1.86. The summed E-state index contributed by atoms with van der Waals surface area (Å²) in [5.41, 5.74) is 1.08. The summed E-state index contributed by atoms with van der Waals surface area (Å²) in [6.07, 6.45) is 6.09. The van der Waals surface area contributed by atoms with E-state index in [0.717, 1.165) is 37.8 Å². The van der Waals surface area contributed by atoms with Crippen LogP contribution in [0.5, 0.6) is 0 Å². The van der Waals surface area contributed by atoms with Gasteiger partial charge in [-0.05, 0) is 31.4 Å². The van der Waals surface area contributed by atoms with E-state index in [9.17, 15) is 13.2 Å². The number of hydrogen-bond donors (Lipinski definition) is 0. The maximum absolute atomic E-state index is 13.7. The van der Waals surface area contributed by atoms with Crippen molar-refractivity contribution in [2.75, 3.05) is 44.2 Å². The molecule has 0 aliphatic carbocycles. The number of halogens is 1. The molecular weight excluding hydrogens is 486 g/mol. The Hall–Kier alpha value is -2.10. The first-order chi connectivity index (χ1) is 16.8. The van der Waals surface area contributed by atoms with Crippen molar-refractivity contribution in [1.29, 1.82) is 0 Å². The zero-order valence-electron chi connectivity index (χ0n) is 21.1. The normalized spacial score (nSPS) is 14.9. The summed E-state index contributed by atoms with van der Waals surface area (Å²) >= 11 is 6.34. The molecule has 3 rings (SSSR count). The molecule has 2 heterocycles. The van der Waals surface area contributed by atoms with Gasteiger partial charge in [-0.1, -0.05) is 57.3 Å². The van der Waals surface area contributed by atoms with Crippen LogP contribution in [0.3, 0.4) is 0 Å². The number of para-hydroxylation sites is 1. The van der Waals surface area contributed by atoms with Gasteiger partial charge in [-0.15, -0.1) is 0 Å². The fourth-order valence-corrected chi connectivity index (χ4v) is 6.04. The smallest absolute Gasteiger partial charge is 0.263 e. The van der Waals surface area contributed by atoms with Gasteiger partial charge in [-0.3, -0.25) is 9.48 Å². The number of aromatic nitrogens is 2. The zero-order chi connectivity index (χ0) is 25.4. The van der Waals surface area contributed by atoms with E-state index in [2.05, 4.69) is 23.8 Å². The van der Waals surface area contributed by atoms with Crippen molar-refractivity contribution < 1.29 is 13.2 Å². The van der Waals surface area contributed by atoms with E-state index in [4.69, 9.17) is 11.6 Å². The average molecular weight is 524 g/mol. The number of rotatable bonds is 12. The third kappa shape index (κ3) is 6.57. The summed E-state index contributed by atoms with van der Waals surface area (Å²) in [6.45, 7) is 9.59. The second kappa shape index (κ2) is 12.7. The van der Waals surface area contributed by atoms with Gasteiger partial charge in [-0.25, -0.2) is 8.42 Å². The van der Waals surface area contributed by atoms with Gasteiger partial charge in [0.05, 0.1) is 16.3 Å². The van der Waals surface area contributed by atoms with E-state index < -0.39 is 10.0 Å². The molecule has 0 atom stereocenters. The SMILES string of the molecule is CCCCN(CCCC)C(=O)c1cn(CCC)nc1S(=O)(=O)N1CCN(c2ccccc2Cl)CC1. The highest BCUT2D eigenvalue weighted by atomic mass is 35.5. The summed E-state index contributed by atoms with van der Waals surface area (Å²) < 4.78 is 30.5. The van der Waals surface area contributed by atoms with Gasteiger partial charge in [0.2, 0.25) is 5.03 Å². The minimum atomic E-state index is -3.93. The highest BCUT2D eigenvalue weighted by molar-refractivity contribution is 7.89. The fourth-order valence-electron chi connectivity index (χ4n) is 4.27. The van der Waals surface area contributed by atoms with Crippen LogP contribution in [0.15, 0.2) is 35.5 Å². The second-order valence-corrected chi connectivity index (χ2v) is 11.2. The fraction of sp³-hybridized carbons (Fsp3) is 0.600. The number of carbonyl (C=O) groups is 1. The molecule has 1 fully saturated rings. The third-order valence-corrected chi connectivity index (χ3v) is 8.43. The Kier molecular flexibility index (Phi) is 10.0. The molecule has 1 saturated heterocycles. The number of hydrogen-bond acceptors (Lipinski definition) is 5. The number of carbonyl (C=O) groups excluding carboxylic acids is 1. The predicted octanol–water partition coefficient (Wildman–Crippen LogP) is 4.50. The molecule has 0 unspecified atom stereocenters. The zero-order valence-corrected chi connectivity index (χ0v) is 22.7. The van der Waals surface area contributed by atoms with Crippen LogP contribution in [0.2, 0.25) is 5.02 Å². The lowest BCUT2D eigenvalue weighted by Gasteiger charge is -2.35.